The highest BCUT2D eigenvalue weighted by Gasteiger charge is 2.18. The molecule has 1 aromatic rings. The van der Waals surface area contributed by atoms with E-state index in [9.17, 15) is 9.18 Å². The third-order valence-corrected chi connectivity index (χ3v) is 3.85. The Kier molecular flexibility index (Phi) is 10.0. The Bertz CT molecular complexity index is 711. The second-order valence-corrected chi connectivity index (χ2v) is 5.97. The second-order valence-electron chi connectivity index (χ2n) is 5.97. The van der Waals surface area contributed by atoms with E-state index in [1.165, 1.54) is 6.07 Å². The zero-order chi connectivity index (χ0) is 20.2. The lowest BCUT2D eigenvalue weighted by atomic mass is 10.1. The summed E-state index contributed by atoms with van der Waals surface area (Å²) in [6, 6.07) is 6.56. The van der Waals surface area contributed by atoms with Crippen LogP contribution < -0.4 is 0 Å². The maximum Gasteiger partial charge on any atom is 0.354 e. The number of ether oxygens (including phenoxy) is 1. The monoisotopic (exact) mass is 375 g/mol. The molecule has 5 nitrogen and oxygen atoms in total. The first-order valence-corrected chi connectivity index (χ1v) is 9.37. The third-order valence-electron chi connectivity index (χ3n) is 3.85. The summed E-state index contributed by atoms with van der Waals surface area (Å²) in [7, 11) is 1.73. The van der Waals surface area contributed by atoms with Crippen LogP contribution in [0, 0.1) is 5.82 Å². The van der Waals surface area contributed by atoms with Gasteiger partial charge in [0.25, 0.3) is 0 Å². The molecular formula is C21H30FN3O2. The van der Waals surface area contributed by atoms with Crippen molar-refractivity contribution >= 4 is 17.4 Å². The van der Waals surface area contributed by atoms with Crippen LogP contribution in [0.5, 0.6) is 0 Å². The second kappa shape index (κ2) is 12.0. The van der Waals surface area contributed by atoms with Crippen LogP contribution in [0.3, 0.4) is 0 Å². The lowest BCUT2D eigenvalue weighted by molar-refractivity contribution is -0.135. The molecule has 0 heterocycles. The molecule has 0 N–H and O–H groups in total. The highest BCUT2D eigenvalue weighted by molar-refractivity contribution is 6.35. The minimum atomic E-state index is -0.489. The number of hydrazone groups is 1. The fourth-order valence-electron chi connectivity index (χ4n) is 2.58. The minimum absolute atomic E-state index is 0.192. The Morgan fingerprint density at radius 2 is 1.96 bits per heavy atom. The first-order valence-electron chi connectivity index (χ1n) is 9.37. The Labute approximate surface area is 161 Å². The summed E-state index contributed by atoms with van der Waals surface area (Å²) in [5.41, 5.74) is 2.36. The van der Waals surface area contributed by atoms with Gasteiger partial charge in [0.1, 0.15) is 11.5 Å². The van der Waals surface area contributed by atoms with Crippen LogP contribution in [-0.2, 0) is 16.1 Å². The molecule has 0 unspecified atom stereocenters. The molecule has 27 heavy (non-hydrogen) atoms. The molecule has 0 spiro atoms. The van der Waals surface area contributed by atoms with Gasteiger partial charge in [-0.3, -0.25) is 10.0 Å². The van der Waals surface area contributed by atoms with Gasteiger partial charge in [-0.05, 0) is 32.8 Å². The average Bonchev–Trinajstić information content (AvgIpc) is 2.65. The van der Waals surface area contributed by atoms with Crippen molar-refractivity contribution in [2.24, 2.45) is 10.1 Å². The Hall–Kier alpha value is -2.50. The topological polar surface area (TPSA) is 54.3 Å². The molecular weight excluding hydrogens is 345 g/mol. The van der Waals surface area contributed by atoms with E-state index in [4.69, 9.17) is 4.74 Å². The van der Waals surface area contributed by atoms with E-state index >= 15 is 0 Å². The number of nitrogens with zero attached hydrogens (tertiary/aromatic N) is 3. The zero-order valence-corrected chi connectivity index (χ0v) is 17.0. The van der Waals surface area contributed by atoms with Gasteiger partial charge in [0.05, 0.1) is 24.6 Å². The molecule has 1 rings (SSSR count). The summed E-state index contributed by atoms with van der Waals surface area (Å²) >= 11 is 0. The van der Waals surface area contributed by atoms with Crippen LogP contribution in [0.2, 0.25) is 0 Å². The van der Waals surface area contributed by atoms with Crippen molar-refractivity contribution < 1.29 is 13.9 Å². The van der Waals surface area contributed by atoms with Crippen LogP contribution >= 0.6 is 0 Å². The third kappa shape index (κ3) is 6.96. The van der Waals surface area contributed by atoms with Crippen molar-refractivity contribution in [1.29, 1.82) is 0 Å². The van der Waals surface area contributed by atoms with Crippen molar-refractivity contribution in [2.75, 3.05) is 13.7 Å². The zero-order valence-electron chi connectivity index (χ0n) is 17.0. The number of halogens is 1. The number of rotatable bonds is 10. The normalized spacial score (nSPS) is 12.9. The first-order chi connectivity index (χ1) is 13.0. The molecule has 148 valence electrons. The van der Waals surface area contributed by atoms with E-state index in [0.717, 1.165) is 30.7 Å². The van der Waals surface area contributed by atoms with Crippen molar-refractivity contribution in [3.8, 4) is 0 Å². The van der Waals surface area contributed by atoms with Crippen LogP contribution in [0.1, 0.15) is 52.5 Å². The van der Waals surface area contributed by atoms with Crippen molar-refractivity contribution in [1.82, 2.24) is 5.01 Å². The first kappa shape index (κ1) is 22.5. The fraction of sp³-hybridized carbons (Fsp3) is 0.476. The molecule has 0 aliphatic rings. The molecule has 6 heteroatoms. The van der Waals surface area contributed by atoms with Crippen molar-refractivity contribution in [3.05, 3.63) is 47.4 Å². The van der Waals surface area contributed by atoms with Gasteiger partial charge in [-0.2, -0.15) is 5.10 Å². The van der Waals surface area contributed by atoms with Crippen molar-refractivity contribution in [3.63, 3.8) is 0 Å². The largest absolute Gasteiger partial charge is 0.461 e. The van der Waals surface area contributed by atoms with E-state index in [0.29, 0.717) is 5.56 Å². The molecule has 0 bridgehead atoms. The molecule has 0 aliphatic heterocycles. The summed E-state index contributed by atoms with van der Waals surface area (Å²) in [6.07, 6.45) is 4.45. The number of hydrogen-bond acceptors (Lipinski definition) is 5. The maximum absolute atomic E-state index is 14.2. The Morgan fingerprint density at radius 3 is 2.52 bits per heavy atom. The fourth-order valence-corrected chi connectivity index (χ4v) is 2.58. The number of allylic oxidation sites excluding steroid dienone is 2. The summed E-state index contributed by atoms with van der Waals surface area (Å²) < 4.78 is 19.3. The van der Waals surface area contributed by atoms with Gasteiger partial charge in [0.15, 0.2) is 0 Å². The molecule has 0 atom stereocenters. The standard InChI is InChI=1S/C21H30FN3O2/c1-6-11-19(23-5)20(12-7-2)25(24-16(4)21(26)27-8-3)15-17-13-9-10-14-18(17)22/h9-10,12-14H,6-8,11,15H2,1-5H3/b20-12+,23-19?,24-16+. The Morgan fingerprint density at radius 1 is 1.26 bits per heavy atom. The van der Waals surface area contributed by atoms with E-state index in [1.54, 1.807) is 44.1 Å². The summed E-state index contributed by atoms with van der Waals surface area (Å²) in [5.74, 6) is -0.801. The number of hydrogen-bond donors (Lipinski definition) is 0. The van der Waals surface area contributed by atoms with Gasteiger partial charge in [-0.25, -0.2) is 9.18 Å². The van der Waals surface area contributed by atoms with Crippen LogP contribution in [0.4, 0.5) is 4.39 Å². The van der Waals surface area contributed by atoms with Crippen LogP contribution in [-0.4, -0.2) is 36.1 Å². The summed E-state index contributed by atoms with van der Waals surface area (Å²) in [6.45, 7) is 7.89. The van der Waals surface area contributed by atoms with E-state index in [-0.39, 0.29) is 24.7 Å². The lowest BCUT2D eigenvalue weighted by Crippen LogP contribution is -2.27. The molecule has 0 radical (unpaired) electrons. The van der Waals surface area contributed by atoms with E-state index < -0.39 is 5.97 Å². The predicted molar refractivity (Wildman–Crippen MR) is 108 cm³/mol. The van der Waals surface area contributed by atoms with Gasteiger partial charge in [0.2, 0.25) is 0 Å². The van der Waals surface area contributed by atoms with Crippen LogP contribution in [0.15, 0.2) is 46.1 Å². The molecule has 0 fully saturated rings. The summed E-state index contributed by atoms with van der Waals surface area (Å²) in [5, 5.41) is 6.11. The van der Waals surface area contributed by atoms with Gasteiger partial charge >= 0.3 is 5.97 Å². The number of aliphatic imine (C=N–C) groups is 1. The molecule has 0 aliphatic carbocycles. The van der Waals surface area contributed by atoms with Crippen molar-refractivity contribution in [2.45, 2.75) is 53.5 Å². The summed E-state index contributed by atoms with van der Waals surface area (Å²) in [4.78, 5) is 16.4. The molecule has 0 amide bonds. The van der Waals surface area contributed by atoms with Gasteiger partial charge in [-0.1, -0.05) is 44.5 Å². The highest BCUT2D eigenvalue weighted by atomic mass is 19.1. The number of carbonyl (C=O) groups is 1. The molecule has 0 aromatic heterocycles. The quantitative estimate of drug-likeness (QED) is 0.337. The number of carbonyl (C=O) groups excluding carboxylic acids is 1. The smallest absolute Gasteiger partial charge is 0.354 e. The van der Waals surface area contributed by atoms with Gasteiger partial charge in [0, 0.05) is 12.6 Å². The van der Waals surface area contributed by atoms with Gasteiger partial charge in [-0.15, -0.1) is 0 Å². The lowest BCUT2D eigenvalue weighted by Gasteiger charge is -2.25. The molecule has 0 saturated carbocycles. The highest BCUT2D eigenvalue weighted by Crippen LogP contribution is 2.19. The number of esters is 1. The molecule has 0 saturated heterocycles. The number of benzene rings is 1. The Balaban J connectivity index is 3.37. The average molecular weight is 375 g/mol. The van der Waals surface area contributed by atoms with E-state index in [1.807, 2.05) is 13.0 Å². The maximum atomic E-state index is 14.2. The predicted octanol–water partition coefficient (Wildman–Crippen LogP) is 4.73. The SMILES string of the molecule is CC/C=C(\C(CCC)=NC)N(Cc1ccccc1F)/N=C(\C)C(=O)OCC. The van der Waals surface area contributed by atoms with Crippen LogP contribution in [0.25, 0.3) is 0 Å². The van der Waals surface area contributed by atoms with Gasteiger partial charge < -0.3 is 4.74 Å². The van der Waals surface area contributed by atoms with E-state index in [2.05, 4.69) is 17.0 Å². The minimum Gasteiger partial charge on any atom is -0.461 e. The molecule has 1 aromatic carbocycles.